The van der Waals surface area contributed by atoms with Crippen molar-refractivity contribution in [2.75, 3.05) is 11.9 Å². The van der Waals surface area contributed by atoms with Crippen molar-refractivity contribution in [1.29, 1.82) is 0 Å². The van der Waals surface area contributed by atoms with E-state index in [-0.39, 0.29) is 5.91 Å². The minimum absolute atomic E-state index is 0.294. The van der Waals surface area contributed by atoms with Gasteiger partial charge in [-0.15, -0.1) is 11.3 Å². The molecule has 1 aromatic heterocycles. The monoisotopic (exact) mass is 370 g/mol. The number of para-hydroxylation sites is 1. The molecule has 0 saturated heterocycles. The summed E-state index contributed by atoms with van der Waals surface area (Å²) in [6.45, 7) is 2.67. The SMILES string of the molecule is CCCOc1ccccc1/C=C/C(=O)Nc1sc2c(c1C(N)=O)CCC2. The lowest BCUT2D eigenvalue weighted by Gasteiger charge is -2.07. The fourth-order valence-corrected chi connectivity index (χ4v) is 4.33. The maximum Gasteiger partial charge on any atom is 0.251 e. The van der Waals surface area contributed by atoms with Crippen LogP contribution in [0.25, 0.3) is 6.08 Å². The lowest BCUT2D eigenvalue weighted by Crippen LogP contribution is -2.16. The van der Waals surface area contributed by atoms with Gasteiger partial charge in [-0.2, -0.15) is 0 Å². The molecule has 0 fully saturated rings. The van der Waals surface area contributed by atoms with E-state index in [4.69, 9.17) is 10.5 Å². The normalized spacial score (nSPS) is 13.0. The van der Waals surface area contributed by atoms with Crippen LogP contribution in [-0.4, -0.2) is 18.4 Å². The summed E-state index contributed by atoms with van der Waals surface area (Å²) in [5, 5.41) is 3.35. The molecule has 0 saturated carbocycles. The summed E-state index contributed by atoms with van der Waals surface area (Å²) >= 11 is 1.45. The molecule has 0 atom stereocenters. The number of benzene rings is 1. The predicted octanol–water partition coefficient (Wildman–Crippen LogP) is 3.78. The van der Waals surface area contributed by atoms with Crippen molar-refractivity contribution in [3.05, 3.63) is 51.9 Å². The minimum atomic E-state index is -0.484. The number of hydrogen-bond donors (Lipinski definition) is 2. The molecule has 136 valence electrons. The summed E-state index contributed by atoms with van der Waals surface area (Å²) < 4.78 is 5.69. The van der Waals surface area contributed by atoms with E-state index in [0.29, 0.717) is 17.2 Å². The zero-order valence-corrected chi connectivity index (χ0v) is 15.5. The zero-order valence-electron chi connectivity index (χ0n) is 14.7. The Kier molecular flexibility index (Phi) is 5.73. The number of carbonyl (C=O) groups is 2. The molecule has 0 spiro atoms. The van der Waals surface area contributed by atoms with Crippen molar-refractivity contribution in [3.8, 4) is 5.75 Å². The highest BCUT2D eigenvalue weighted by Crippen LogP contribution is 2.38. The number of carbonyl (C=O) groups excluding carboxylic acids is 2. The van der Waals surface area contributed by atoms with E-state index in [0.717, 1.165) is 47.4 Å². The lowest BCUT2D eigenvalue weighted by molar-refractivity contribution is -0.111. The van der Waals surface area contributed by atoms with E-state index in [1.165, 1.54) is 17.4 Å². The summed E-state index contributed by atoms with van der Waals surface area (Å²) in [5.41, 5.74) is 7.82. The zero-order chi connectivity index (χ0) is 18.5. The molecule has 0 aliphatic heterocycles. The quantitative estimate of drug-likeness (QED) is 0.728. The molecular weight excluding hydrogens is 348 g/mol. The third-order valence-corrected chi connectivity index (χ3v) is 5.41. The van der Waals surface area contributed by atoms with Gasteiger partial charge in [0.2, 0.25) is 5.91 Å². The third kappa shape index (κ3) is 3.96. The summed E-state index contributed by atoms with van der Waals surface area (Å²) in [7, 11) is 0. The van der Waals surface area contributed by atoms with E-state index >= 15 is 0 Å². The predicted molar refractivity (Wildman–Crippen MR) is 105 cm³/mol. The van der Waals surface area contributed by atoms with Gasteiger partial charge in [-0.1, -0.05) is 25.1 Å². The van der Waals surface area contributed by atoms with E-state index in [2.05, 4.69) is 5.32 Å². The number of thiophene rings is 1. The molecule has 6 heteroatoms. The molecule has 1 aromatic carbocycles. The Morgan fingerprint density at radius 3 is 2.88 bits per heavy atom. The Hall–Kier alpha value is -2.60. The van der Waals surface area contributed by atoms with Gasteiger partial charge in [0.25, 0.3) is 5.91 Å². The Morgan fingerprint density at radius 2 is 2.12 bits per heavy atom. The largest absolute Gasteiger partial charge is 0.493 e. The van der Waals surface area contributed by atoms with Crippen molar-refractivity contribution in [1.82, 2.24) is 0 Å². The first kappa shape index (κ1) is 18.2. The maximum atomic E-state index is 12.3. The van der Waals surface area contributed by atoms with Crippen LogP contribution in [0, 0.1) is 0 Å². The molecule has 26 heavy (non-hydrogen) atoms. The van der Waals surface area contributed by atoms with Crippen LogP contribution >= 0.6 is 11.3 Å². The summed E-state index contributed by atoms with van der Waals surface area (Å²) in [5.74, 6) is -0.0361. The van der Waals surface area contributed by atoms with Crippen LogP contribution in [0.1, 0.15) is 46.1 Å². The van der Waals surface area contributed by atoms with Crippen molar-refractivity contribution >= 4 is 34.2 Å². The van der Waals surface area contributed by atoms with Gasteiger partial charge in [-0.05, 0) is 43.4 Å². The molecule has 1 aliphatic carbocycles. The summed E-state index contributed by atoms with van der Waals surface area (Å²) in [6, 6.07) is 7.56. The molecule has 0 radical (unpaired) electrons. The molecule has 0 bridgehead atoms. The van der Waals surface area contributed by atoms with Crippen LogP contribution in [0.5, 0.6) is 5.75 Å². The number of amides is 2. The van der Waals surface area contributed by atoms with Gasteiger partial charge in [0.15, 0.2) is 0 Å². The number of aryl methyl sites for hydroxylation is 1. The van der Waals surface area contributed by atoms with Crippen LogP contribution < -0.4 is 15.8 Å². The van der Waals surface area contributed by atoms with E-state index in [9.17, 15) is 9.59 Å². The molecule has 1 aliphatic rings. The second-order valence-corrected chi connectivity index (χ2v) is 7.24. The standard InChI is InChI=1S/C20H22N2O3S/c1-2-12-25-15-8-4-3-6-13(15)10-11-17(23)22-20-18(19(21)24)14-7-5-9-16(14)26-20/h3-4,6,8,10-11H,2,5,7,9,12H2,1H3,(H2,21,24)(H,22,23)/b11-10+. The Balaban J connectivity index is 1.74. The maximum absolute atomic E-state index is 12.3. The van der Waals surface area contributed by atoms with Gasteiger partial charge in [0, 0.05) is 16.5 Å². The highest BCUT2D eigenvalue weighted by atomic mass is 32.1. The number of anilines is 1. The van der Waals surface area contributed by atoms with Crippen molar-refractivity contribution < 1.29 is 14.3 Å². The van der Waals surface area contributed by atoms with E-state index in [1.807, 2.05) is 31.2 Å². The van der Waals surface area contributed by atoms with Gasteiger partial charge in [0.1, 0.15) is 10.8 Å². The smallest absolute Gasteiger partial charge is 0.251 e. The first-order valence-corrected chi connectivity index (χ1v) is 9.57. The molecule has 0 unspecified atom stereocenters. The number of primary amides is 1. The number of nitrogens with one attached hydrogen (secondary N) is 1. The van der Waals surface area contributed by atoms with Gasteiger partial charge in [0.05, 0.1) is 12.2 Å². The first-order chi connectivity index (χ1) is 12.6. The number of ether oxygens (including phenoxy) is 1. The Labute approximate surface area is 156 Å². The molecule has 1 heterocycles. The van der Waals surface area contributed by atoms with E-state index < -0.39 is 5.91 Å². The summed E-state index contributed by atoms with van der Waals surface area (Å²) in [6.07, 6.45) is 6.89. The lowest BCUT2D eigenvalue weighted by atomic mass is 10.1. The molecule has 2 amide bonds. The molecular formula is C20H22N2O3S. The summed E-state index contributed by atoms with van der Waals surface area (Å²) in [4.78, 5) is 25.3. The van der Waals surface area contributed by atoms with Gasteiger partial charge in [-0.25, -0.2) is 0 Å². The second-order valence-electron chi connectivity index (χ2n) is 6.13. The first-order valence-electron chi connectivity index (χ1n) is 8.75. The molecule has 3 rings (SSSR count). The second kappa shape index (κ2) is 8.19. The average Bonchev–Trinajstić information content (AvgIpc) is 3.19. The van der Waals surface area contributed by atoms with Crippen molar-refractivity contribution in [3.63, 3.8) is 0 Å². The van der Waals surface area contributed by atoms with Crippen LogP contribution in [0.4, 0.5) is 5.00 Å². The fourth-order valence-electron chi connectivity index (χ4n) is 3.03. The van der Waals surface area contributed by atoms with Crippen LogP contribution in [0.15, 0.2) is 30.3 Å². The molecule has 5 nitrogen and oxygen atoms in total. The van der Waals surface area contributed by atoms with Crippen LogP contribution in [0.2, 0.25) is 0 Å². The molecule has 2 aromatic rings. The highest BCUT2D eigenvalue weighted by molar-refractivity contribution is 7.17. The van der Waals surface area contributed by atoms with Crippen LogP contribution in [0.3, 0.4) is 0 Å². The number of nitrogens with two attached hydrogens (primary N) is 1. The highest BCUT2D eigenvalue weighted by Gasteiger charge is 2.25. The third-order valence-electron chi connectivity index (χ3n) is 4.20. The Morgan fingerprint density at radius 1 is 1.31 bits per heavy atom. The number of fused-ring (bicyclic) bond motifs is 1. The van der Waals surface area contributed by atoms with Gasteiger partial charge in [-0.3, -0.25) is 9.59 Å². The number of rotatable bonds is 7. The average molecular weight is 370 g/mol. The van der Waals surface area contributed by atoms with Crippen LogP contribution in [-0.2, 0) is 17.6 Å². The van der Waals surface area contributed by atoms with Gasteiger partial charge >= 0.3 is 0 Å². The van der Waals surface area contributed by atoms with Crippen molar-refractivity contribution in [2.24, 2.45) is 5.73 Å². The van der Waals surface area contributed by atoms with E-state index in [1.54, 1.807) is 6.08 Å². The number of hydrogen-bond acceptors (Lipinski definition) is 4. The topological polar surface area (TPSA) is 81.4 Å². The minimum Gasteiger partial charge on any atom is -0.493 e. The molecule has 3 N–H and O–H groups in total. The van der Waals surface area contributed by atoms with Crippen molar-refractivity contribution in [2.45, 2.75) is 32.6 Å². The van der Waals surface area contributed by atoms with Gasteiger partial charge < -0.3 is 15.8 Å². The fraction of sp³-hybridized carbons (Fsp3) is 0.300. The Bertz CT molecular complexity index is 855.